The third-order valence-corrected chi connectivity index (χ3v) is 4.09. The van der Waals surface area contributed by atoms with E-state index in [9.17, 15) is 0 Å². The predicted octanol–water partition coefficient (Wildman–Crippen LogP) is 3.33. The Morgan fingerprint density at radius 2 is 1.85 bits per heavy atom. The third kappa shape index (κ3) is 2.78. The molecule has 1 aromatic carbocycles. The summed E-state index contributed by atoms with van der Waals surface area (Å²) < 4.78 is 0. The van der Waals surface area contributed by atoms with E-state index in [1.807, 2.05) is 7.05 Å². The Bertz CT molecular complexity index is 571. The monoisotopic (exact) mass is 269 g/mol. The van der Waals surface area contributed by atoms with Gasteiger partial charge in [0.25, 0.3) is 0 Å². The van der Waals surface area contributed by atoms with Crippen LogP contribution < -0.4 is 10.2 Å². The van der Waals surface area contributed by atoms with Gasteiger partial charge in [0.05, 0.1) is 5.52 Å². The van der Waals surface area contributed by atoms with Gasteiger partial charge in [-0.2, -0.15) is 0 Å². The number of hydrogen-bond acceptors (Lipinski definition) is 3. The van der Waals surface area contributed by atoms with Crippen LogP contribution in [0.4, 0.5) is 5.82 Å². The number of rotatable bonds is 3. The first-order chi connectivity index (χ1) is 9.88. The van der Waals surface area contributed by atoms with Crippen LogP contribution in [0.1, 0.15) is 31.2 Å². The highest BCUT2D eigenvalue weighted by Gasteiger charge is 2.13. The molecule has 3 nitrogen and oxygen atoms in total. The summed E-state index contributed by atoms with van der Waals surface area (Å²) in [6.45, 7) is 3.18. The standard InChI is InChI=1S/C17H23N3/c1-18-13-14-12-17(20-10-6-2-3-7-11-20)19-16-9-5-4-8-15(14)16/h4-5,8-9,12,18H,2-3,6-7,10-11,13H2,1H3. The predicted molar refractivity (Wildman–Crippen MR) is 85.2 cm³/mol. The lowest BCUT2D eigenvalue weighted by Crippen LogP contribution is -2.25. The van der Waals surface area contributed by atoms with Crippen molar-refractivity contribution in [1.82, 2.24) is 10.3 Å². The van der Waals surface area contributed by atoms with E-state index in [0.29, 0.717) is 0 Å². The van der Waals surface area contributed by atoms with E-state index < -0.39 is 0 Å². The van der Waals surface area contributed by atoms with Crippen molar-refractivity contribution in [2.45, 2.75) is 32.2 Å². The molecule has 0 unspecified atom stereocenters. The molecule has 1 aliphatic rings. The molecule has 0 aliphatic carbocycles. The molecular weight excluding hydrogens is 246 g/mol. The lowest BCUT2D eigenvalue weighted by atomic mass is 10.1. The lowest BCUT2D eigenvalue weighted by molar-refractivity contribution is 0.726. The van der Waals surface area contributed by atoms with E-state index in [1.54, 1.807) is 0 Å². The molecule has 2 aromatic rings. The number of benzene rings is 1. The molecule has 20 heavy (non-hydrogen) atoms. The summed E-state index contributed by atoms with van der Waals surface area (Å²) in [5.74, 6) is 1.15. The molecule has 0 atom stereocenters. The molecule has 0 spiro atoms. The highest BCUT2D eigenvalue weighted by Crippen LogP contribution is 2.24. The maximum atomic E-state index is 4.88. The molecule has 1 saturated heterocycles. The number of pyridine rings is 1. The van der Waals surface area contributed by atoms with Crippen molar-refractivity contribution in [3.05, 3.63) is 35.9 Å². The molecule has 1 aliphatic heterocycles. The fourth-order valence-electron chi connectivity index (χ4n) is 3.03. The number of anilines is 1. The van der Waals surface area contributed by atoms with Crippen LogP contribution in [-0.4, -0.2) is 25.1 Å². The Hall–Kier alpha value is -1.61. The highest BCUT2D eigenvalue weighted by atomic mass is 15.2. The van der Waals surface area contributed by atoms with Gasteiger partial charge >= 0.3 is 0 Å². The summed E-state index contributed by atoms with van der Waals surface area (Å²) in [4.78, 5) is 7.34. The van der Waals surface area contributed by atoms with E-state index in [2.05, 4.69) is 40.5 Å². The van der Waals surface area contributed by atoms with Crippen LogP contribution in [0.3, 0.4) is 0 Å². The van der Waals surface area contributed by atoms with Gasteiger partial charge in [0.1, 0.15) is 5.82 Å². The van der Waals surface area contributed by atoms with Gasteiger partial charge in [-0.3, -0.25) is 0 Å². The molecule has 1 aromatic heterocycles. The molecule has 0 bridgehead atoms. The van der Waals surface area contributed by atoms with Gasteiger partial charge in [-0.1, -0.05) is 31.0 Å². The van der Waals surface area contributed by atoms with E-state index in [4.69, 9.17) is 4.98 Å². The summed E-state index contributed by atoms with van der Waals surface area (Å²) in [6, 6.07) is 10.7. The van der Waals surface area contributed by atoms with Crippen molar-refractivity contribution < 1.29 is 0 Å². The van der Waals surface area contributed by atoms with E-state index in [1.165, 1.54) is 36.6 Å². The highest BCUT2D eigenvalue weighted by molar-refractivity contribution is 5.84. The second-order valence-electron chi connectivity index (χ2n) is 5.59. The van der Waals surface area contributed by atoms with Gasteiger partial charge in [-0.15, -0.1) is 0 Å². The zero-order valence-electron chi connectivity index (χ0n) is 12.2. The van der Waals surface area contributed by atoms with Crippen LogP contribution >= 0.6 is 0 Å². The fraction of sp³-hybridized carbons (Fsp3) is 0.471. The molecule has 1 N–H and O–H groups in total. The fourth-order valence-corrected chi connectivity index (χ4v) is 3.03. The van der Waals surface area contributed by atoms with Crippen LogP contribution in [0.25, 0.3) is 10.9 Å². The van der Waals surface area contributed by atoms with Crippen molar-refractivity contribution in [3.8, 4) is 0 Å². The maximum Gasteiger partial charge on any atom is 0.129 e. The van der Waals surface area contributed by atoms with E-state index in [-0.39, 0.29) is 0 Å². The summed E-state index contributed by atoms with van der Waals surface area (Å²) in [6.07, 6.45) is 5.28. The first-order valence-electron chi connectivity index (χ1n) is 7.67. The molecule has 3 rings (SSSR count). The Morgan fingerprint density at radius 1 is 1.10 bits per heavy atom. The van der Waals surface area contributed by atoms with Gasteiger partial charge in [0.15, 0.2) is 0 Å². The number of hydrogen-bond donors (Lipinski definition) is 1. The summed E-state index contributed by atoms with van der Waals surface area (Å²) >= 11 is 0. The van der Waals surface area contributed by atoms with Gasteiger partial charge < -0.3 is 10.2 Å². The molecule has 2 heterocycles. The van der Waals surface area contributed by atoms with Crippen molar-refractivity contribution in [1.29, 1.82) is 0 Å². The van der Waals surface area contributed by atoms with Crippen molar-refractivity contribution in [2.24, 2.45) is 0 Å². The van der Waals surface area contributed by atoms with Crippen LogP contribution in [0.2, 0.25) is 0 Å². The quantitative estimate of drug-likeness (QED) is 0.926. The van der Waals surface area contributed by atoms with Crippen LogP contribution in [-0.2, 0) is 6.54 Å². The average Bonchev–Trinajstić information content (AvgIpc) is 2.76. The smallest absolute Gasteiger partial charge is 0.129 e. The first kappa shape index (κ1) is 13.4. The molecule has 0 radical (unpaired) electrons. The topological polar surface area (TPSA) is 28.2 Å². The summed E-state index contributed by atoms with van der Waals surface area (Å²) in [7, 11) is 2.00. The van der Waals surface area contributed by atoms with Crippen molar-refractivity contribution in [3.63, 3.8) is 0 Å². The Labute approximate surface area is 121 Å². The Kier molecular flexibility index (Phi) is 4.16. The van der Waals surface area contributed by atoms with Crippen molar-refractivity contribution >= 4 is 16.7 Å². The first-order valence-corrected chi connectivity index (χ1v) is 7.67. The second-order valence-corrected chi connectivity index (χ2v) is 5.59. The molecule has 1 fully saturated rings. The third-order valence-electron chi connectivity index (χ3n) is 4.09. The van der Waals surface area contributed by atoms with Crippen LogP contribution in [0.15, 0.2) is 30.3 Å². The maximum absolute atomic E-state index is 4.88. The van der Waals surface area contributed by atoms with Gasteiger partial charge in [-0.05, 0) is 37.6 Å². The van der Waals surface area contributed by atoms with E-state index in [0.717, 1.165) is 31.0 Å². The molecule has 3 heteroatoms. The largest absolute Gasteiger partial charge is 0.357 e. The van der Waals surface area contributed by atoms with Gasteiger partial charge in [-0.25, -0.2) is 4.98 Å². The summed E-state index contributed by atoms with van der Waals surface area (Å²) in [5.41, 5.74) is 2.46. The number of nitrogens with one attached hydrogen (secondary N) is 1. The number of aromatic nitrogens is 1. The molecular formula is C17H23N3. The van der Waals surface area contributed by atoms with Crippen LogP contribution in [0, 0.1) is 0 Å². The number of fused-ring (bicyclic) bond motifs is 1. The minimum absolute atomic E-state index is 0.893. The van der Waals surface area contributed by atoms with Crippen molar-refractivity contribution in [2.75, 3.05) is 25.0 Å². The number of nitrogens with zero attached hydrogens (tertiary/aromatic N) is 2. The SMILES string of the molecule is CNCc1cc(N2CCCCCC2)nc2ccccc12. The lowest BCUT2D eigenvalue weighted by Gasteiger charge is -2.23. The normalized spacial score (nSPS) is 16.4. The molecule has 106 valence electrons. The van der Waals surface area contributed by atoms with Gasteiger partial charge in [0.2, 0.25) is 0 Å². The minimum Gasteiger partial charge on any atom is -0.357 e. The molecule has 0 saturated carbocycles. The minimum atomic E-state index is 0.893. The summed E-state index contributed by atoms with van der Waals surface area (Å²) in [5, 5.41) is 4.54. The zero-order valence-corrected chi connectivity index (χ0v) is 12.2. The molecule has 0 amide bonds. The number of para-hydroxylation sites is 1. The Morgan fingerprint density at radius 3 is 2.60 bits per heavy atom. The zero-order chi connectivity index (χ0) is 13.8. The Balaban J connectivity index is 2.01. The van der Waals surface area contributed by atoms with Gasteiger partial charge in [0, 0.05) is 25.0 Å². The van der Waals surface area contributed by atoms with Crippen LogP contribution in [0.5, 0.6) is 0 Å². The van der Waals surface area contributed by atoms with E-state index >= 15 is 0 Å². The average molecular weight is 269 g/mol. The second kappa shape index (κ2) is 6.23.